The van der Waals surface area contributed by atoms with E-state index in [1.807, 2.05) is 23.1 Å². The number of carbonyl (C=O) groups excluding carboxylic acids is 1. The topological polar surface area (TPSA) is 75.5 Å². The summed E-state index contributed by atoms with van der Waals surface area (Å²) in [7, 11) is 0. The number of amides is 2. The molecular formula is C19H20ClN3O3. The van der Waals surface area contributed by atoms with Crippen LogP contribution in [0.25, 0.3) is 0 Å². The summed E-state index contributed by atoms with van der Waals surface area (Å²) in [6, 6.07) is 14.2. The number of urea groups is 1. The molecule has 2 aromatic carbocycles. The lowest BCUT2D eigenvalue weighted by Gasteiger charge is -2.25. The first-order chi connectivity index (χ1) is 12.5. The zero-order chi connectivity index (χ0) is 18.5. The van der Waals surface area contributed by atoms with Gasteiger partial charge in [-0.25, -0.2) is 4.79 Å². The van der Waals surface area contributed by atoms with Crippen molar-refractivity contribution in [3.8, 4) is 0 Å². The van der Waals surface area contributed by atoms with Gasteiger partial charge >= 0.3 is 6.03 Å². The van der Waals surface area contributed by atoms with Crippen LogP contribution >= 0.6 is 11.6 Å². The molecule has 26 heavy (non-hydrogen) atoms. The van der Waals surface area contributed by atoms with Gasteiger partial charge in [0.15, 0.2) is 0 Å². The third-order valence-electron chi connectivity index (χ3n) is 4.65. The number of nitrogens with zero attached hydrogens (tertiary/aromatic N) is 2. The quantitative estimate of drug-likeness (QED) is 0.599. The van der Waals surface area contributed by atoms with Crippen molar-refractivity contribution in [2.75, 3.05) is 11.9 Å². The Hall–Kier alpha value is -2.60. The maximum Gasteiger partial charge on any atom is 0.322 e. The number of likely N-dealkylation sites (tertiary alicyclic amines) is 1. The van der Waals surface area contributed by atoms with Gasteiger partial charge in [0, 0.05) is 24.7 Å². The summed E-state index contributed by atoms with van der Waals surface area (Å²) in [5, 5.41) is 13.7. The molecule has 1 aliphatic rings. The van der Waals surface area contributed by atoms with Gasteiger partial charge in [-0.15, -0.1) is 0 Å². The number of aryl methyl sites for hydroxylation is 1. The second-order valence-electron chi connectivity index (χ2n) is 6.37. The Labute approximate surface area is 156 Å². The predicted molar refractivity (Wildman–Crippen MR) is 102 cm³/mol. The lowest BCUT2D eigenvalue weighted by Crippen LogP contribution is -2.39. The number of nitro benzene ring substituents is 1. The summed E-state index contributed by atoms with van der Waals surface area (Å²) in [5.74, 6) is 0. The maximum absolute atomic E-state index is 12.6. The number of hydrogen-bond donors (Lipinski definition) is 1. The minimum atomic E-state index is -0.516. The standard InChI is InChI=1S/C19H20ClN3O3/c20-17-13-16(23(25)26)10-11-18(17)21-19(24)22-12-4-7-15(22)9-8-14-5-2-1-3-6-14/h1-3,5-6,10-11,13,15H,4,7-9,12H2,(H,21,24). The Morgan fingerprint density at radius 1 is 1.27 bits per heavy atom. The van der Waals surface area contributed by atoms with Crippen LogP contribution in [0.5, 0.6) is 0 Å². The molecule has 2 aromatic rings. The summed E-state index contributed by atoms with van der Waals surface area (Å²) in [4.78, 5) is 24.7. The number of nitrogens with one attached hydrogen (secondary N) is 1. The molecule has 0 spiro atoms. The highest BCUT2D eigenvalue weighted by Crippen LogP contribution is 2.28. The van der Waals surface area contributed by atoms with Gasteiger partial charge in [0.25, 0.3) is 5.69 Å². The highest BCUT2D eigenvalue weighted by Gasteiger charge is 2.28. The van der Waals surface area contributed by atoms with Gasteiger partial charge in [0.1, 0.15) is 0 Å². The van der Waals surface area contributed by atoms with E-state index in [1.165, 1.54) is 23.8 Å². The van der Waals surface area contributed by atoms with Crippen molar-refractivity contribution in [3.63, 3.8) is 0 Å². The number of hydrogen-bond acceptors (Lipinski definition) is 3. The fraction of sp³-hybridized carbons (Fsp3) is 0.316. The summed E-state index contributed by atoms with van der Waals surface area (Å²) >= 11 is 6.06. The van der Waals surface area contributed by atoms with E-state index in [1.54, 1.807) is 0 Å². The van der Waals surface area contributed by atoms with Crippen molar-refractivity contribution >= 4 is 29.0 Å². The lowest BCUT2D eigenvalue weighted by atomic mass is 10.0. The number of anilines is 1. The number of halogens is 1. The second kappa shape index (κ2) is 8.19. The molecule has 7 heteroatoms. The molecule has 0 aromatic heterocycles. The molecule has 1 fully saturated rings. The average molecular weight is 374 g/mol. The van der Waals surface area contributed by atoms with Crippen molar-refractivity contribution in [1.29, 1.82) is 0 Å². The minimum Gasteiger partial charge on any atom is -0.322 e. The largest absolute Gasteiger partial charge is 0.322 e. The van der Waals surface area contributed by atoms with Gasteiger partial charge in [-0.05, 0) is 37.3 Å². The summed E-state index contributed by atoms with van der Waals surface area (Å²) < 4.78 is 0. The third kappa shape index (κ3) is 4.32. The molecule has 0 radical (unpaired) electrons. The first-order valence-corrected chi connectivity index (χ1v) is 8.98. The van der Waals surface area contributed by atoms with Gasteiger partial charge in [-0.3, -0.25) is 10.1 Å². The molecule has 1 heterocycles. The fourth-order valence-electron chi connectivity index (χ4n) is 3.29. The number of carbonyl (C=O) groups is 1. The Morgan fingerprint density at radius 2 is 2.04 bits per heavy atom. The molecule has 3 rings (SSSR count). The smallest absolute Gasteiger partial charge is 0.322 e. The van der Waals surface area contributed by atoms with E-state index in [9.17, 15) is 14.9 Å². The van der Waals surface area contributed by atoms with Crippen LogP contribution in [0.15, 0.2) is 48.5 Å². The molecule has 0 saturated carbocycles. The van der Waals surface area contributed by atoms with Crippen LogP contribution in [0.4, 0.5) is 16.2 Å². The van der Waals surface area contributed by atoms with Gasteiger partial charge in [-0.1, -0.05) is 41.9 Å². The number of nitro groups is 1. The molecule has 0 aliphatic carbocycles. The Balaban J connectivity index is 1.62. The molecule has 136 valence electrons. The second-order valence-corrected chi connectivity index (χ2v) is 6.77. The van der Waals surface area contributed by atoms with Crippen LogP contribution in [0.3, 0.4) is 0 Å². The van der Waals surface area contributed by atoms with E-state index in [0.717, 1.165) is 25.7 Å². The molecule has 2 amide bonds. The van der Waals surface area contributed by atoms with Crippen LogP contribution in [0.2, 0.25) is 5.02 Å². The van der Waals surface area contributed by atoms with Crippen molar-refractivity contribution in [2.45, 2.75) is 31.7 Å². The SMILES string of the molecule is O=C(Nc1ccc([N+](=O)[O-])cc1Cl)N1CCCC1CCc1ccccc1. The summed E-state index contributed by atoms with van der Waals surface area (Å²) in [5.41, 5.74) is 1.55. The zero-order valence-electron chi connectivity index (χ0n) is 14.2. The van der Waals surface area contributed by atoms with Crippen molar-refractivity contribution in [1.82, 2.24) is 4.90 Å². The minimum absolute atomic E-state index is 0.102. The van der Waals surface area contributed by atoms with E-state index < -0.39 is 4.92 Å². The number of benzene rings is 2. The van der Waals surface area contributed by atoms with E-state index in [4.69, 9.17) is 11.6 Å². The van der Waals surface area contributed by atoms with Crippen LogP contribution in [-0.4, -0.2) is 28.4 Å². The monoisotopic (exact) mass is 373 g/mol. The Kier molecular flexibility index (Phi) is 5.73. The van der Waals surface area contributed by atoms with Crippen LogP contribution in [0.1, 0.15) is 24.8 Å². The molecule has 1 aliphatic heterocycles. The van der Waals surface area contributed by atoms with E-state index >= 15 is 0 Å². The van der Waals surface area contributed by atoms with E-state index in [0.29, 0.717) is 12.2 Å². The molecule has 0 bridgehead atoms. The summed E-state index contributed by atoms with van der Waals surface area (Å²) in [6.45, 7) is 0.704. The Morgan fingerprint density at radius 3 is 2.73 bits per heavy atom. The van der Waals surface area contributed by atoms with Gasteiger partial charge in [0.2, 0.25) is 0 Å². The lowest BCUT2D eigenvalue weighted by molar-refractivity contribution is -0.384. The molecule has 1 N–H and O–H groups in total. The summed E-state index contributed by atoms with van der Waals surface area (Å²) in [6.07, 6.45) is 3.79. The number of rotatable bonds is 5. The van der Waals surface area contributed by atoms with Crippen LogP contribution in [-0.2, 0) is 6.42 Å². The normalized spacial score (nSPS) is 16.5. The van der Waals surface area contributed by atoms with Crippen LogP contribution < -0.4 is 5.32 Å². The molecule has 1 unspecified atom stereocenters. The first kappa shape index (κ1) is 18.2. The van der Waals surface area contributed by atoms with Gasteiger partial charge in [-0.2, -0.15) is 0 Å². The van der Waals surface area contributed by atoms with Crippen molar-refractivity contribution < 1.29 is 9.72 Å². The fourth-order valence-corrected chi connectivity index (χ4v) is 3.51. The first-order valence-electron chi connectivity index (χ1n) is 8.60. The number of non-ortho nitro benzene ring substituents is 1. The molecular weight excluding hydrogens is 354 g/mol. The van der Waals surface area contributed by atoms with Crippen molar-refractivity contribution in [2.24, 2.45) is 0 Å². The molecule has 1 saturated heterocycles. The van der Waals surface area contributed by atoms with Crippen molar-refractivity contribution in [3.05, 3.63) is 69.2 Å². The zero-order valence-corrected chi connectivity index (χ0v) is 15.0. The van der Waals surface area contributed by atoms with E-state index in [2.05, 4.69) is 17.4 Å². The third-order valence-corrected chi connectivity index (χ3v) is 4.96. The predicted octanol–water partition coefficient (Wildman–Crippen LogP) is 4.88. The Bertz CT molecular complexity index is 798. The van der Waals surface area contributed by atoms with Gasteiger partial charge < -0.3 is 10.2 Å². The van der Waals surface area contributed by atoms with Crippen LogP contribution in [0, 0.1) is 10.1 Å². The average Bonchev–Trinajstić information content (AvgIpc) is 3.11. The molecule has 6 nitrogen and oxygen atoms in total. The highest BCUT2D eigenvalue weighted by molar-refractivity contribution is 6.33. The molecule has 1 atom stereocenters. The van der Waals surface area contributed by atoms with Gasteiger partial charge in [0.05, 0.1) is 15.6 Å². The van der Waals surface area contributed by atoms with E-state index in [-0.39, 0.29) is 22.8 Å². The highest BCUT2D eigenvalue weighted by atomic mass is 35.5. The maximum atomic E-state index is 12.6.